The Morgan fingerprint density at radius 1 is 1.08 bits per heavy atom. The van der Waals surface area contributed by atoms with Crippen molar-refractivity contribution in [1.29, 1.82) is 0 Å². The summed E-state index contributed by atoms with van der Waals surface area (Å²) in [4.78, 5) is 23.8. The van der Waals surface area contributed by atoms with Gasteiger partial charge in [0.1, 0.15) is 12.2 Å². The van der Waals surface area contributed by atoms with Crippen LogP contribution in [0.2, 0.25) is 0 Å². The summed E-state index contributed by atoms with van der Waals surface area (Å²) in [5, 5.41) is 0.781. The van der Waals surface area contributed by atoms with Gasteiger partial charge in [-0.1, -0.05) is 42.0 Å². The van der Waals surface area contributed by atoms with Gasteiger partial charge in [-0.2, -0.15) is 0 Å². The number of carbonyl (C=O) groups is 1. The van der Waals surface area contributed by atoms with E-state index in [1.165, 1.54) is 12.1 Å². The Balaban J connectivity index is 1.77. The van der Waals surface area contributed by atoms with Crippen molar-refractivity contribution in [3.05, 3.63) is 86.8 Å². The van der Waals surface area contributed by atoms with E-state index >= 15 is 0 Å². The number of aryl methyl sites for hydroxylation is 3. The summed E-state index contributed by atoms with van der Waals surface area (Å²) in [6.45, 7) is 5.88. The third-order valence-corrected chi connectivity index (χ3v) is 4.38. The fourth-order valence-corrected chi connectivity index (χ4v) is 2.68. The van der Waals surface area contributed by atoms with Gasteiger partial charge in [0.25, 0.3) is 0 Å². The molecule has 0 radical (unpaired) electrons. The van der Waals surface area contributed by atoms with Crippen molar-refractivity contribution in [2.45, 2.75) is 27.4 Å². The first-order chi connectivity index (χ1) is 12.4. The molecule has 1 heterocycles. The molecule has 0 bridgehead atoms. The van der Waals surface area contributed by atoms with Crippen LogP contribution in [0, 0.1) is 20.8 Å². The molecule has 0 N–H and O–H groups in total. The van der Waals surface area contributed by atoms with Crippen molar-refractivity contribution in [3.8, 4) is 0 Å². The Kier molecular flexibility index (Phi) is 5.03. The molecule has 3 rings (SSSR count). The van der Waals surface area contributed by atoms with E-state index in [1.54, 1.807) is 6.08 Å². The molecule has 4 heteroatoms. The normalized spacial score (nSPS) is 11.2. The second-order valence-corrected chi connectivity index (χ2v) is 6.33. The van der Waals surface area contributed by atoms with Crippen LogP contribution in [0.3, 0.4) is 0 Å². The Morgan fingerprint density at radius 3 is 2.54 bits per heavy atom. The quantitative estimate of drug-likeness (QED) is 0.396. The zero-order valence-corrected chi connectivity index (χ0v) is 15.0. The molecule has 4 nitrogen and oxygen atoms in total. The maximum absolute atomic E-state index is 12.0. The van der Waals surface area contributed by atoms with E-state index in [0.29, 0.717) is 11.1 Å². The lowest BCUT2D eigenvalue weighted by Gasteiger charge is -2.09. The largest absolute Gasteiger partial charge is 0.458 e. The molecule has 0 atom stereocenters. The topological polar surface area (TPSA) is 56.5 Å². The van der Waals surface area contributed by atoms with Gasteiger partial charge in [0.15, 0.2) is 0 Å². The Hall–Kier alpha value is -3.14. The summed E-state index contributed by atoms with van der Waals surface area (Å²) >= 11 is 0. The number of hydrogen-bond acceptors (Lipinski definition) is 4. The minimum absolute atomic E-state index is 0.0155. The van der Waals surface area contributed by atoms with Crippen molar-refractivity contribution in [3.63, 3.8) is 0 Å². The van der Waals surface area contributed by atoms with Gasteiger partial charge in [-0.3, -0.25) is 0 Å². The number of hydrogen-bond donors (Lipinski definition) is 0. The second kappa shape index (κ2) is 7.40. The fourth-order valence-electron chi connectivity index (χ4n) is 2.68. The van der Waals surface area contributed by atoms with Gasteiger partial charge in [-0.25, -0.2) is 9.59 Å². The predicted octanol–water partition coefficient (Wildman–Crippen LogP) is 4.47. The van der Waals surface area contributed by atoms with E-state index in [1.807, 2.05) is 57.2 Å². The minimum atomic E-state index is -0.462. The van der Waals surface area contributed by atoms with E-state index in [9.17, 15) is 9.59 Å². The second-order valence-electron chi connectivity index (χ2n) is 6.33. The van der Waals surface area contributed by atoms with Crippen LogP contribution >= 0.6 is 0 Å². The first-order valence-electron chi connectivity index (χ1n) is 8.38. The van der Waals surface area contributed by atoms with Gasteiger partial charge in [0.2, 0.25) is 0 Å². The highest BCUT2D eigenvalue weighted by atomic mass is 16.5. The zero-order valence-electron chi connectivity index (χ0n) is 15.0. The lowest BCUT2D eigenvalue weighted by atomic mass is 10.0. The molecule has 0 amide bonds. The molecule has 132 valence electrons. The molecular weight excluding hydrogens is 328 g/mol. The smallest absolute Gasteiger partial charge is 0.336 e. The number of carbonyl (C=O) groups excluding carboxylic acids is 1. The van der Waals surface area contributed by atoms with Crippen LogP contribution in [-0.2, 0) is 16.1 Å². The highest BCUT2D eigenvalue weighted by Gasteiger charge is 2.10. The summed E-state index contributed by atoms with van der Waals surface area (Å²) in [7, 11) is 0. The van der Waals surface area contributed by atoms with Crippen LogP contribution in [0.25, 0.3) is 17.0 Å². The van der Waals surface area contributed by atoms with Crippen LogP contribution in [0.1, 0.15) is 27.8 Å². The summed E-state index contributed by atoms with van der Waals surface area (Å²) in [5.74, 6) is -0.462. The highest BCUT2D eigenvalue weighted by molar-refractivity contribution is 5.88. The van der Waals surface area contributed by atoms with Gasteiger partial charge >= 0.3 is 11.6 Å². The Morgan fingerprint density at radius 2 is 1.81 bits per heavy atom. The van der Waals surface area contributed by atoms with Crippen molar-refractivity contribution >= 4 is 23.0 Å². The van der Waals surface area contributed by atoms with Crippen molar-refractivity contribution < 1.29 is 13.9 Å². The van der Waals surface area contributed by atoms with E-state index in [-0.39, 0.29) is 6.61 Å². The van der Waals surface area contributed by atoms with Crippen molar-refractivity contribution in [1.82, 2.24) is 0 Å². The van der Waals surface area contributed by atoms with Crippen LogP contribution in [0.15, 0.2) is 57.8 Å². The number of fused-ring (bicyclic) bond motifs is 1. The molecule has 1 aromatic heterocycles. The lowest BCUT2D eigenvalue weighted by Crippen LogP contribution is -2.06. The van der Waals surface area contributed by atoms with E-state index < -0.39 is 11.6 Å². The van der Waals surface area contributed by atoms with Crippen LogP contribution in [0.5, 0.6) is 0 Å². The van der Waals surface area contributed by atoms with Crippen molar-refractivity contribution in [2.24, 2.45) is 0 Å². The molecule has 0 saturated carbocycles. The Labute approximate surface area is 151 Å². The minimum Gasteiger partial charge on any atom is -0.458 e. The number of ether oxygens (including phenoxy) is 1. The van der Waals surface area contributed by atoms with Gasteiger partial charge in [-0.05, 0) is 43.5 Å². The van der Waals surface area contributed by atoms with Crippen LogP contribution < -0.4 is 5.63 Å². The summed E-state index contributed by atoms with van der Waals surface area (Å²) in [6, 6.07) is 13.0. The highest BCUT2D eigenvalue weighted by Crippen LogP contribution is 2.23. The number of rotatable bonds is 4. The van der Waals surface area contributed by atoms with Gasteiger partial charge in [0, 0.05) is 23.1 Å². The maximum Gasteiger partial charge on any atom is 0.336 e. The van der Waals surface area contributed by atoms with E-state index in [0.717, 1.165) is 27.6 Å². The molecule has 2 aromatic carbocycles. The number of esters is 1. The summed E-state index contributed by atoms with van der Waals surface area (Å²) in [6.07, 6.45) is 3.08. The third-order valence-electron chi connectivity index (χ3n) is 4.38. The van der Waals surface area contributed by atoms with Gasteiger partial charge in [0.05, 0.1) is 0 Å². The molecule has 0 fully saturated rings. The van der Waals surface area contributed by atoms with Crippen LogP contribution in [0.4, 0.5) is 0 Å². The van der Waals surface area contributed by atoms with E-state index in [2.05, 4.69) is 0 Å². The molecule has 0 aliphatic rings. The Bertz CT molecular complexity index is 1040. The van der Waals surface area contributed by atoms with Gasteiger partial charge in [-0.15, -0.1) is 0 Å². The first-order valence-corrected chi connectivity index (χ1v) is 8.38. The maximum atomic E-state index is 12.0. The SMILES string of the molecule is Cc1ccc(/C=C/C(=O)OCc2cc(=O)oc3c(C)c(C)ccc23)cc1. The monoisotopic (exact) mass is 348 g/mol. The molecule has 0 aliphatic heterocycles. The van der Waals surface area contributed by atoms with Crippen molar-refractivity contribution in [2.75, 3.05) is 0 Å². The standard InChI is InChI=1S/C22H20O4/c1-14-4-7-17(8-5-14)9-11-20(23)25-13-18-12-21(24)26-22-16(3)15(2)6-10-19(18)22/h4-12H,13H2,1-3H3/b11-9+. The molecular formula is C22H20O4. The third kappa shape index (κ3) is 3.91. The number of benzene rings is 2. The fraction of sp³-hybridized carbons (Fsp3) is 0.182. The summed E-state index contributed by atoms with van der Waals surface area (Å²) < 4.78 is 10.6. The first kappa shape index (κ1) is 17.7. The van der Waals surface area contributed by atoms with Gasteiger partial charge < -0.3 is 9.15 Å². The average Bonchev–Trinajstić information content (AvgIpc) is 2.62. The van der Waals surface area contributed by atoms with Crippen LogP contribution in [-0.4, -0.2) is 5.97 Å². The average molecular weight is 348 g/mol. The molecule has 0 aliphatic carbocycles. The molecule has 0 unspecified atom stereocenters. The molecule has 0 saturated heterocycles. The summed E-state index contributed by atoms with van der Waals surface area (Å²) in [5.41, 5.74) is 4.75. The molecule has 26 heavy (non-hydrogen) atoms. The predicted molar refractivity (Wildman–Crippen MR) is 102 cm³/mol. The molecule has 3 aromatic rings. The molecule has 0 spiro atoms. The lowest BCUT2D eigenvalue weighted by molar-refractivity contribution is -0.138. The zero-order chi connectivity index (χ0) is 18.7. The van der Waals surface area contributed by atoms with E-state index in [4.69, 9.17) is 9.15 Å².